The van der Waals surface area contributed by atoms with Gasteiger partial charge in [0.25, 0.3) is 0 Å². The van der Waals surface area contributed by atoms with E-state index in [-0.39, 0.29) is 0 Å². The minimum atomic E-state index is -0.719. The quantitative estimate of drug-likeness (QED) is 0.726. The van der Waals surface area contributed by atoms with Crippen LogP contribution in [0.25, 0.3) is 0 Å². The molecule has 5 nitrogen and oxygen atoms in total. The van der Waals surface area contributed by atoms with Gasteiger partial charge in [-0.05, 0) is 19.3 Å². The fraction of sp³-hybridized carbons (Fsp3) is 0.769. The van der Waals surface area contributed by atoms with E-state index in [9.17, 15) is 5.11 Å². The molecule has 0 radical (unpaired) electrons. The minimum absolute atomic E-state index is 0.294. The van der Waals surface area contributed by atoms with Crippen molar-refractivity contribution in [3.63, 3.8) is 0 Å². The minimum Gasteiger partial charge on any atom is -0.394 e. The third-order valence-electron chi connectivity index (χ3n) is 3.08. The molecular formula is C13H26N4O. The molecule has 0 aliphatic carbocycles. The second-order valence-electron chi connectivity index (χ2n) is 5.53. The van der Waals surface area contributed by atoms with E-state index in [4.69, 9.17) is 5.73 Å². The lowest BCUT2D eigenvalue weighted by Crippen LogP contribution is -2.33. The first-order valence-electron chi connectivity index (χ1n) is 6.57. The second kappa shape index (κ2) is 5.61. The molecule has 1 unspecified atom stereocenters. The van der Waals surface area contributed by atoms with Gasteiger partial charge in [0.05, 0.1) is 17.0 Å². The molecule has 5 heteroatoms. The van der Waals surface area contributed by atoms with Crippen LogP contribution in [0.15, 0.2) is 0 Å². The van der Waals surface area contributed by atoms with Crippen LogP contribution in [0, 0.1) is 0 Å². The summed E-state index contributed by atoms with van der Waals surface area (Å²) in [7, 11) is 1.86. The Kier molecular flexibility index (Phi) is 4.62. The van der Waals surface area contributed by atoms with E-state index < -0.39 is 5.60 Å². The van der Waals surface area contributed by atoms with Crippen molar-refractivity contribution >= 4 is 11.5 Å². The maximum Gasteiger partial charge on any atom is 0.147 e. The molecule has 18 heavy (non-hydrogen) atoms. The van der Waals surface area contributed by atoms with E-state index >= 15 is 0 Å². The summed E-state index contributed by atoms with van der Waals surface area (Å²) in [6.45, 7) is 8.50. The second-order valence-corrected chi connectivity index (χ2v) is 5.53. The maximum absolute atomic E-state index is 10.1. The molecule has 0 fully saturated rings. The lowest BCUT2D eigenvalue weighted by Gasteiger charge is -2.23. The van der Waals surface area contributed by atoms with Crippen molar-refractivity contribution in [3.05, 3.63) is 5.69 Å². The zero-order valence-electron chi connectivity index (χ0n) is 12.1. The lowest BCUT2D eigenvalue weighted by atomic mass is 10.0. The molecule has 1 rings (SSSR count). The van der Waals surface area contributed by atoms with Crippen LogP contribution >= 0.6 is 0 Å². The highest BCUT2D eigenvalue weighted by molar-refractivity contribution is 5.65. The molecule has 0 saturated carbocycles. The van der Waals surface area contributed by atoms with E-state index in [1.165, 1.54) is 0 Å². The Balaban J connectivity index is 2.80. The Bertz CT molecular complexity index is 396. The fourth-order valence-electron chi connectivity index (χ4n) is 2.10. The van der Waals surface area contributed by atoms with Gasteiger partial charge in [0.1, 0.15) is 5.82 Å². The van der Waals surface area contributed by atoms with E-state index in [0.717, 1.165) is 24.4 Å². The smallest absolute Gasteiger partial charge is 0.147 e. The fourth-order valence-corrected chi connectivity index (χ4v) is 2.10. The molecule has 104 valence electrons. The van der Waals surface area contributed by atoms with Crippen LogP contribution in [-0.2, 0) is 7.05 Å². The number of hydrogen-bond acceptors (Lipinski definition) is 4. The van der Waals surface area contributed by atoms with Gasteiger partial charge in [-0.3, -0.25) is 4.68 Å². The van der Waals surface area contributed by atoms with Gasteiger partial charge in [0, 0.05) is 13.6 Å². The predicted octanol–water partition coefficient (Wildman–Crippen LogP) is 2.09. The summed E-state index contributed by atoms with van der Waals surface area (Å²) in [4.78, 5) is 0. The molecule has 0 aromatic carbocycles. The molecule has 4 N–H and O–H groups in total. The van der Waals surface area contributed by atoms with Crippen LogP contribution in [0.2, 0.25) is 0 Å². The number of nitrogens with two attached hydrogens (primary N) is 1. The molecule has 0 aliphatic rings. The summed E-state index contributed by atoms with van der Waals surface area (Å²) in [6, 6.07) is 0. The number of aliphatic hydroxyl groups is 1. The molecule has 1 aromatic rings. The van der Waals surface area contributed by atoms with E-state index in [1.54, 1.807) is 4.68 Å². The highest BCUT2D eigenvalue weighted by atomic mass is 16.3. The van der Waals surface area contributed by atoms with Crippen molar-refractivity contribution in [3.8, 4) is 0 Å². The van der Waals surface area contributed by atoms with Gasteiger partial charge < -0.3 is 16.2 Å². The summed E-state index contributed by atoms with van der Waals surface area (Å²) in [5.74, 6) is 1.08. The van der Waals surface area contributed by atoms with Gasteiger partial charge in [-0.15, -0.1) is 0 Å². The number of hydrogen-bond donors (Lipinski definition) is 3. The zero-order chi connectivity index (χ0) is 13.9. The number of aromatic nitrogens is 2. The summed E-state index contributed by atoms with van der Waals surface area (Å²) >= 11 is 0. The summed E-state index contributed by atoms with van der Waals surface area (Å²) in [6.07, 6.45) is 1.71. The SMILES string of the molecule is CCCC(C)(O)CNc1c(N)c(C(C)C)nn1C. The Morgan fingerprint density at radius 3 is 2.56 bits per heavy atom. The van der Waals surface area contributed by atoms with E-state index in [2.05, 4.69) is 31.2 Å². The Morgan fingerprint density at radius 1 is 1.50 bits per heavy atom. The predicted molar refractivity (Wildman–Crippen MR) is 75.7 cm³/mol. The Labute approximate surface area is 109 Å². The van der Waals surface area contributed by atoms with Crippen LogP contribution in [0.1, 0.15) is 52.1 Å². The highest BCUT2D eigenvalue weighted by Crippen LogP contribution is 2.28. The van der Waals surface area contributed by atoms with Crippen LogP contribution in [0.4, 0.5) is 11.5 Å². The van der Waals surface area contributed by atoms with E-state index in [0.29, 0.717) is 18.2 Å². The van der Waals surface area contributed by atoms with Gasteiger partial charge in [0.2, 0.25) is 0 Å². The normalized spacial score (nSPS) is 14.8. The van der Waals surface area contributed by atoms with Crippen molar-refractivity contribution in [1.29, 1.82) is 0 Å². The molecule has 1 aromatic heterocycles. The Morgan fingerprint density at radius 2 is 2.11 bits per heavy atom. The molecule has 0 bridgehead atoms. The summed E-state index contributed by atoms with van der Waals surface area (Å²) < 4.78 is 1.74. The maximum atomic E-state index is 10.1. The number of aryl methyl sites for hydroxylation is 1. The van der Waals surface area contributed by atoms with Crippen molar-refractivity contribution in [1.82, 2.24) is 9.78 Å². The molecule has 0 spiro atoms. The van der Waals surface area contributed by atoms with Crippen LogP contribution in [0.3, 0.4) is 0 Å². The third-order valence-corrected chi connectivity index (χ3v) is 3.08. The zero-order valence-corrected chi connectivity index (χ0v) is 12.1. The number of nitrogens with zero attached hydrogens (tertiary/aromatic N) is 2. The third kappa shape index (κ3) is 3.38. The first kappa shape index (κ1) is 14.8. The van der Waals surface area contributed by atoms with Gasteiger partial charge in [0.15, 0.2) is 0 Å². The van der Waals surface area contributed by atoms with E-state index in [1.807, 2.05) is 14.0 Å². The van der Waals surface area contributed by atoms with Crippen molar-refractivity contribution < 1.29 is 5.11 Å². The number of anilines is 2. The number of rotatable bonds is 6. The monoisotopic (exact) mass is 254 g/mol. The average Bonchev–Trinajstić information content (AvgIpc) is 2.52. The van der Waals surface area contributed by atoms with Crippen LogP contribution in [-0.4, -0.2) is 27.0 Å². The first-order chi connectivity index (χ1) is 8.28. The van der Waals surface area contributed by atoms with Crippen molar-refractivity contribution in [2.24, 2.45) is 7.05 Å². The van der Waals surface area contributed by atoms with Gasteiger partial charge in [-0.25, -0.2) is 0 Å². The Hall–Kier alpha value is -1.23. The van der Waals surface area contributed by atoms with Crippen LogP contribution < -0.4 is 11.1 Å². The van der Waals surface area contributed by atoms with Gasteiger partial charge in [-0.2, -0.15) is 5.10 Å². The lowest BCUT2D eigenvalue weighted by molar-refractivity contribution is 0.0635. The standard InChI is InChI=1S/C13H26N4O/c1-6-7-13(4,18)8-15-12-10(14)11(9(2)3)16-17(12)5/h9,15,18H,6-8,14H2,1-5H3. The highest BCUT2D eigenvalue weighted by Gasteiger charge is 2.21. The largest absolute Gasteiger partial charge is 0.394 e. The van der Waals surface area contributed by atoms with Crippen molar-refractivity contribution in [2.75, 3.05) is 17.6 Å². The first-order valence-corrected chi connectivity index (χ1v) is 6.57. The van der Waals surface area contributed by atoms with Crippen molar-refractivity contribution in [2.45, 2.75) is 52.1 Å². The molecule has 1 heterocycles. The summed E-state index contributed by atoms with van der Waals surface area (Å²) in [5.41, 5.74) is 6.94. The average molecular weight is 254 g/mol. The van der Waals surface area contributed by atoms with Crippen LogP contribution in [0.5, 0.6) is 0 Å². The molecule has 0 aliphatic heterocycles. The van der Waals surface area contributed by atoms with Gasteiger partial charge >= 0.3 is 0 Å². The number of nitrogens with one attached hydrogen (secondary N) is 1. The molecule has 1 atom stereocenters. The molecule has 0 amide bonds. The van der Waals surface area contributed by atoms with Gasteiger partial charge in [-0.1, -0.05) is 27.2 Å². The summed E-state index contributed by atoms with van der Waals surface area (Å²) in [5, 5.41) is 17.8. The topological polar surface area (TPSA) is 76.1 Å². The molecular weight excluding hydrogens is 228 g/mol. The molecule has 0 saturated heterocycles. The number of nitrogen functional groups attached to an aromatic ring is 1.